The van der Waals surface area contributed by atoms with Crippen LogP contribution in [0.25, 0.3) is 0 Å². The fourth-order valence-electron chi connectivity index (χ4n) is 1.60. The van der Waals surface area contributed by atoms with Crippen LogP contribution in [0.3, 0.4) is 0 Å². The minimum atomic E-state index is 0.519. The molecule has 0 saturated heterocycles. The molecule has 0 aliphatic carbocycles. The maximum atomic E-state index is 4.53. The van der Waals surface area contributed by atoms with Crippen molar-refractivity contribution in [3.8, 4) is 0 Å². The van der Waals surface area contributed by atoms with Gasteiger partial charge in [0.05, 0.1) is 5.01 Å². The van der Waals surface area contributed by atoms with E-state index in [0.717, 1.165) is 18.2 Å². The molecule has 0 aliphatic heterocycles. The van der Waals surface area contributed by atoms with Crippen molar-refractivity contribution < 1.29 is 0 Å². The summed E-state index contributed by atoms with van der Waals surface area (Å²) >= 11 is 1.77. The first kappa shape index (κ1) is 13.7. The summed E-state index contributed by atoms with van der Waals surface area (Å²) < 4.78 is 0. The molecule has 1 aromatic heterocycles. The third-order valence-electron chi connectivity index (χ3n) is 3.30. The van der Waals surface area contributed by atoms with E-state index in [9.17, 15) is 0 Å². The van der Waals surface area contributed by atoms with Crippen LogP contribution >= 0.6 is 11.3 Å². The molecule has 0 saturated carbocycles. The molecule has 0 aliphatic rings. The third-order valence-corrected chi connectivity index (χ3v) is 4.50. The van der Waals surface area contributed by atoms with Crippen molar-refractivity contribution in [3.63, 3.8) is 0 Å². The van der Waals surface area contributed by atoms with Crippen molar-refractivity contribution in [1.82, 2.24) is 10.3 Å². The van der Waals surface area contributed by atoms with E-state index >= 15 is 0 Å². The van der Waals surface area contributed by atoms with Crippen LogP contribution in [-0.2, 0) is 0 Å². The highest BCUT2D eigenvalue weighted by Gasteiger charge is 2.13. The zero-order valence-corrected chi connectivity index (χ0v) is 11.9. The lowest BCUT2D eigenvalue weighted by atomic mass is 10.0. The van der Waals surface area contributed by atoms with E-state index in [0.29, 0.717) is 12.0 Å². The second kappa shape index (κ2) is 6.36. The molecule has 2 nitrogen and oxygen atoms in total. The molecule has 16 heavy (non-hydrogen) atoms. The van der Waals surface area contributed by atoms with Crippen LogP contribution in [0.15, 0.2) is 5.38 Å². The summed E-state index contributed by atoms with van der Waals surface area (Å²) in [6.07, 6.45) is 1.24. The molecule has 3 unspecified atom stereocenters. The van der Waals surface area contributed by atoms with Crippen LogP contribution in [0.1, 0.15) is 50.7 Å². The fraction of sp³-hybridized carbons (Fsp3) is 0.769. The Labute approximate surface area is 103 Å². The summed E-state index contributed by atoms with van der Waals surface area (Å²) in [4.78, 5) is 4.53. The molecule has 0 spiro atoms. The number of nitrogens with zero attached hydrogens (tertiary/aromatic N) is 1. The molecule has 1 rings (SSSR count). The Morgan fingerprint density at radius 2 is 2.06 bits per heavy atom. The average molecular weight is 240 g/mol. The van der Waals surface area contributed by atoms with Gasteiger partial charge in [-0.1, -0.05) is 27.2 Å². The van der Waals surface area contributed by atoms with Gasteiger partial charge in [-0.15, -0.1) is 11.3 Å². The van der Waals surface area contributed by atoms with E-state index in [1.165, 1.54) is 11.4 Å². The van der Waals surface area contributed by atoms with Gasteiger partial charge in [-0.3, -0.25) is 0 Å². The smallest absolute Gasteiger partial charge is 0.0969 e. The van der Waals surface area contributed by atoms with Gasteiger partial charge < -0.3 is 5.32 Å². The monoisotopic (exact) mass is 240 g/mol. The summed E-state index contributed by atoms with van der Waals surface area (Å²) in [5, 5.41) is 6.99. The predicted molar refractivity (Wildman–Crippen MR) is 72.2 cm³/mol. The Morgan fingerprint density at radius 1 is 1.38 bits per heavy atom. The average Bonchev–Trinajstić information content (AvgIpc) is 2.71. The molecule has 0 aromatic carbocycles. The van der Waals surface area contributed by atoms with Crippen LogP contribution in [0.4, 0.5) is 0 Å². The highest BCUT2D eigenvalue weighted by atomic mass is 32.1. The molecule has 92 valence electrons. The zero-order valence-electron chi connectivity index (χ0n) is 11.1. The molecule has 0 fully saturated rings. The molecule has 0 radical (unpaired) electrons. The Morgan fingerprint density at radius 3 is 2.56 bits per heavy atom. The van der Waals surface area contributed by atoms with Gasteiger partial charge in [-0.05, 0) is 19.8 Å². The normalized spacial score (nSPS) is 17.1. The first-order valence-corrected chi connectivity index (χ1v) is 7.08. The van der Waals surface area contributed by atoms with Gasteiger partial charge in [-0.2, -0.15) is 0 Å². The SMILES string of the molecule is CCC(C)C(C)NCC(C)c1nc(C)cs1. The summed E-state index contributed by atoms with van der Waals surface area (Å²) in [5.41, 5.74) is 1.14. The van der Waals surface area contributed by atoms with Crippen LogP contribution in [-0.4, -0.2) is 17.6 Å². The van der Waals surface area contributed by atoms with Gasteiger partial charge in [0.1, 0.15) is 0 Å². The first-order chi connectivity index (χ1) is 7.54. The number of thiazole rings is 1. The maximum Gasteiger partial charge on any atom is 0.0969 e. The molecular formula is C13H24N2S. The second-order valence-electron chi connectivity index (χ2n) is 4.81. The maximum absolute atomic E-state index is 4.53. The predicted octanol–water partition coefficient (Wildman–Crippen LogP) is 3.58. The largest absolute Gasteiger partial charge is 0.313 e. The standard InChI is InChI=1S/C13H24N2S/c1-6-9(2)12(5)14-7-10(3)13-15-11(4)8-16-13/h8-10,12,14H,6-7H2,1-5H3. The van der Waals surface area contributed by atoms with Gasteiger partial charge >= 0.3 is 0 Å². The topological polar surface area (TPSA) is 24.9 Å². The van der Waals surface area contributed by atoms with Gasteiger partial charge in [0.25, 0.3) is 0 Å². The van der Waals surface area contributed by atoms with E-state index < -0.39 is 0 Å². The number of aromatic nitrogens is 1. The Kier molecular flexibility index (Phi) is 5.42. The second-order valence-corrected chi connectivity index (χ2v) is 5.70. The molecule has 1 aromatic rings. The summed E-state index contributed by atoms with van der Waals surface area (Å²) in [7, 11) is 0. The number of hydrogen-bond acceptors (Lipinski definition) is 3. The van der Waals surface area contributed by atoms with Gasteiger partial charge in [0, 0.05) is 29.6 Å². The highest BCUT2D eigenvalue weighted by molar-refractivity contribution is 7.09. The first-order valence-electron chi connectivity index (χ1n) is 6.20. The molecular weight excluding hydrogens is 216 g/mol. The van der Waals surface area contributed by atoms with Gasteiger partial charge in [0.2, 0.25) is 0 Å². The lowest BCUT2D eigenvalue weighted by Gasteiger charge is -2.21. The quantitative estimate of drug-likeness (QED) is 0.822. The van der Waals surface area contributed by atoms with Gasteiger partial charge in [-0.25, -0.2) is 4.98 Å². The van der Waals surface area contributed by atoms with Crippen molar-refractivity contribution in [2.75, 3.05) is 6.54 Å². The van der Waals surface area contributed by atoms with Crippen LogP contribution in [0.2, 0.25) is 0 Å². The van der Waals surface area contributed by atoms with E-state index in [-0.39, 0.29) is 0 Å². The number of rotatable bonds is 6. The molecule has 0 amide bonds. The number of hydrogen-bond donors (Lipinski definition) is 1. The van der Waals surface area contributed by atoms with Crippen molar-refractivity contribution >= 4 is 11.3 Å². The Balaban J connectivity index is 2.38. The minimum Gasteiger partial charge on any atom is -0.313 e. The number of aryl methyl sites for hydroxylation is 1. The zero-order chi connectivity index (χ0) is 12.1. The fourth-order valence-corrected chi connectivity index (χ4v) is 2.46. The van der Waals surface area contributed by atoms with Crippen LogP contribution < -0.4 is 5.32 Å². The summed E-state index contributed by atoms with van der Waals surface area (Å²) in [6, 6.07) is 0.591. The number of nitrogens with one attached hydrogen (secondary N) is 1. The lowest BCUT2D eigenvalue weighted by molar-refractivity contribution is 0.383. The Bertz CT molecular complexity index is 309. The summed E-state index contributed by atoms with van der Waals surface area (Å²) in [5.74, 6) is 1.26. The van der Waals surface area contributed by atoms with Crippen molar-refractivity contribution in [1.29, 1.82) is 0 Å². The molecule has 3 atom stereocenters. The molecule has 0 bridgehead atoms. The molecule has 1 heterocycles. The van der Waals surface area contributed by atoms with E-state index in [2.05, 4.69) is 50.3 Å². The third kappa shape index (κ3) is 3.87. The van der Waals surface area contributed by atoms with E-state index in [1.807, 2.05) is 0 Å². The van der Waals surface area contributed by atoms with Gasteiger partial charge in [0.15, 0.2) is 0 Å². The van der Waals surface area contributed by atoms with Crippen LogP contribution in [0, 0.1) is 12.8 Å². The minimum absolute atomic E-state index is 0.519. The molecule has 1 N–H and O–H groups in total. The van der Waals surface area contributed by atoms with E-state index in [1.54, 1.807) is 11.3 Å². The Hall–Kier alpha value is -0.410. The lowest BCUT2D eigenvalue weighted by Crippen LogP contribution is -2.34. The van der Waals surface area contributed by atoms with E-state index in [4.69, 9.17) is 0 Å². The summed E-state index contributed by atoms with van der Waals surface area (Å²) in [6.45, 7) is 12.1. The molecule has 3 heteroatoms. The van der Waals surface area contributed by atoms with Crippen LogP contribution in [0.5, 0.6) is 0 Å². The van der Waals surface area contributed by atoms with Crippen molar-refractivity contribution in [2.45, 2.75) is 53.0 Å². The van der Waals surface area contributed by atoms with Crippen molar-refractivity contribution in [2.24, 2.45) is 5.92 Å². The highest BCUT2D eigenvalue weighted by Crippen LogP contribution is 2.19. The van der Waals surface area contributed by atoms with Crippen molar-refractivity contribution in [3.05, 3.63) is 16.1 Å².